The molecule has 0 unspecified atom stereocenters. The number of rotatable bonds is 6. The Morgan fingerprint density at radius 1 is 1.00 bits per heavy atom. The number of hydrogen-bond donors (Lipinski definition) is 0. The van der Waals surface area contributed by atoms with Crippen LogP contribution in [-0.4, -0.2) is 56.3 Å². The summed E-state index contributed by atoms with van der Waals surface area (Å²) in [6.45, 7) is 3.21. The van der Waals surface area contributed by atoms with Crippen molar-refractivity contribution in [3.8, 4) is 28.4 Å². The zero-order valence-electron chi connectivity index (χ0n) is 22.4. The average molecular weight is 559 g/mol. The van der Waals surface area contributed by atoms with E-state index in [1.54, 1.807) is 25.1 Å². The summed E-state index contributed by atoms with van der Waals surface area (Å²) in [5, 5.41) is 4.51. The summed E-state index contributed by atoms with van der Waals surface area (Å²) in [5.74, 6) is 0.852. The summed E-state index contributed by atoms with van der Waals surface area (Å²) in [4.78, 5) is 29.9. The zero-order chi connectivity index (χ0) is 28.6. The minimum absolute atomic E-state index is 0.0649. The van der Waals surface area contributed by atoms with Gasteiger partial charge in [0.2, 0.25) is 0 Å². The molecule has 40 heavy (non-hydrogen) atoms. The molecule has 0 N–H and O–H groups in total. The fourth-order valence-corrected chi connectivity index (χ4v) is 5.23. The fraction of sp³-hybridized carbons (Fsp3) is 0.393. The largest absolute Gasteiger partial charge is 0.497 e. The van der Waals surface area contributed by atoms with Crippen molar-refractivity contribution >= 4 is 17.5 Å². The van der Waals surface area contributed by atoms with Crippen LogP contribution < -0.4 is 24.8 Å². The molecule has 1 saturated heterocycles. The summed E-state index contributed by atoms with van der Waals surface area (Å²) < 4.78 is 59.6. The van der Waals surface area contributed by atoms with Crippen LogP contribution in [0.4, 0.5) is 29.3 Å². The lowest BCUT2D eigenvalue weighted by Crippen LogP contribution is -2.36. The van der Waals surface area contributed by atoms with E-state index in [0.717, 1.165) is 28.5 Å². The standard InChI is InChI=1S/C28H29F3N4O5/c1-4-40-27(37)34-12-9-21-24(17-13-19(38-2)16-20(14-17)39-3)32-35(26(36)25(21)34)23-15-18(33-10-5-6-11-33)7-8-22(23)28(29,30)31/h7-8,13-16H,4-6,9-12H2,1-3H3. The van der Waals surface area contributed by atoms with E-state index in [0.29, 0.717) is 41.4 Å². The molecule has 0 saturated carbocycles. The van der Waals surface area contributed by atoms with Crippen molar-refractivity contribution in [3.05, 3.63) is 57.9 Å². The third kappa shape index (κ3) is 4.93. The molecule has 2 aromatic carbocycles. The van der Waals surface area contributed by atoms with Crippen molar-refractivity contribution < 1.29 is 32.2 Å². The summed E-state index contributed by atoms with van der Waals surface area (Å²) in [6.07, 6.45) is -3.43. The SMILES string of the molecule is CCOC(=O)N1CCc2c(-c3cc(OC)cc(OC)c3)nn(-c3cc(N4CCCC4)ccc3C(F)(F)F)c(=O)c21. The van der Waals surface area contributed by atoms with Crippen LogP contribution in [0.25, 0.3) is 16.9 Å². The Morgan fingerprint density at radius 3 is 2.27 bits per heavy atom. The van der Waals surface area contributed by atoms with Crippen molar-refractivity contribution in [1.82, 2.24) is 9.78 Å². The van der Waals surface area contributed by atoms with E-state index < -0.39 is 29.1 Å². The minimum Gasteiger partial charge on any atom is -0.497 e. The number of carbonyl (C=O) groups excluding carboxylic acids is 1. The lowest BCUT2D eigenvalue weighted by molar-refractivity contribution is -0.137. The molecule has 12 heteroatoms. The molecule has 5 rings (SSSR count). The smallest absolute Gasteiger partial charge is 0.418 e. The van der Waals surface area contributed by atoms with Gasteiger partial charge in [-0.1, -0.05) is 0 Å². The number of hydrogen-bond acceptors (Lipinski definition) is 7. The number of nitrogens with zero attached hydrogens (tertiary/aromatic N) is 4. The summed E-state index contributed by atoms with van der Waals surface area (Å²) in [7, 11) is 2.94. The maximum Gasteiger partial charge on any atom is 0.418 e. The normalized spacial score (nSPS) is 14.8. The quantitative estimate of drug-likeness (QED) is 0.418. The fourth-order valence-electron chi connectivity index (χ4n) is 5.23. The molecule has 1 fully saturated rings. The molecule has 212 valence electrons. The van der Waals surface area contributed by atoms with Gasteiger partial charge in [0.25, 0.3) is 5.56 Å². The van der Waals surface area contributed by atoms with E-state index in [1.165, 1.54) is 26.4 Å². The Labute approximate surface area is 228 Å². The molecule has 0 aliphatic carbocycles. The van der Waals surface area contributed by atoms with Crippen LogP contribution >= 0.6 is 0 Å². The van der Waals surface area contributed by atoms with Gasteiger partial charge in [0.15, 0.2) is 0 Å². The van der Waals surface area contributed by atoms with E-state index >= 15 is 0 Å². The number of fused-ring (bicyclic) bond motifs is 1. The first kappa shape index (κ1) is 27.4. The topological polar surface area (TPSA) is 86.1 Å². The van der Waals surface area contributed by atoms with Crippen LogP contribution in [0.3, 0.4) is 0 Å². The van der Waals surface area contributed by atoms with Crippen LogP contribution in [0.15, 0.2) is 41.2 Å². The van der Waals surface area contributed by atoms with Gasteiger partial charge in [0, 0.05) is 42.5 Å². The van der Waals surface area contributed by atoms with Crippen LogP contribution in [0, 0.1) is 0 Å². The number of halogens is 3. The second-order valence-corrected chi connectivity index (χ2v) is 9.49. The number of amides is 1. The molecular weight excluding hydrogens is 529 g/mol. The average Bonchev–Trinajstić information content (AvgIpc) is 3.64. The maximum absolute atomic E-state index is 14.3. The Morgan fingerprint density at radius 2 is 1.68 bits per heavy atom. The Balaban J connectivity index is 1.81. The summed E-state index contributed by atoms with van der Waals surface area (Å²) in [5.41, 5.74) is -0.672. The third-order valence-electron chi connectivity index (χ3n) is 7.12. The molecule has 1 aromatic heterocycles. The highest BCUT2D eigenvalue weighted by Crippen LogP contribution is 2.39. The summed E-state index contributed by atoms with van der Waals surface area (Å²) in [6, 6.07) is 8.67. The molecule has 2 aliphatic heterocycles. The predicted octanol–water partition coefficient (Wildman–Crippen LogP) is 5.05. The lowest BCUT2D eigenvalue weighted by Gasteiger charge is -2.23. The van der Waals surface area contributed by atoms with Crippen molar-refractivity contribution in [2.45, 2.75) is 32.4 Å². The number of benzene rings is 2. The Kier molecular flexibility index (Phi) is 7.35. The molecule has 3 aromatic rings. The number of ether oxygens (including phenoxy) is 3. The summed E-state index contributed by atoms with van der Waals surface area (Å²) >= 11 is 0. The third-order valence-corrected chi connectivity index (χ3v) is 7.12. The number of carbonyl (C=O) groups is 1. The van der Waals surface area contributed by atoms with Gasteiger partial charge < -0.3 is 19.1 Å². The van der Waals surface area contributed by atoms with Gasteiger partial charge in [0.1, 0.15) is 17.2 Å². The lowest BCUT2D eigenvalue weighted by atomic mass is 10.0. The number of anilines is 2. The monoisotopic (exact) mass is 558 g/mol. The van der Waals surface area contributed by atoms with E-state index in [-0.39, 0.29) is 31.0 Å². The molecule has 0 radical (unpaired) electrons. The second kappa shape index (κ2) is 10.7. The molecule has 3 heterocycles. The highest BCUT2D eigenvalue weighted by Gasteiger charge is 2.38. The molecule has 0 spiro atoms. The van der Waals surface area contributed by atoms with Gasteiger partial charge in [-0.2, -0.15) is 23.0 Å². The Bertz CT molecular complexity index is 1480. The van der Waals surface area contributed by atoms with Crippen LogP contribution in [-0.2, 0) is 17.3 Å². The zero-order valence-corrected chi connectivity index (χ0v) is 22.4. The van der Waals surface area contributed by atoms with Crippen LogP contribution in [0.5, 0.6) is 11.5 Å². The number of alkyl halides is 3. The van der Waals surface area contributed by atoms with E-state index in [2.05, 4.69) is 5.10 Å². The van der Waals surface area contributed by atoms with Gasteiger partial charge in [0.05, 0.1) is 37.8 Å². The highest BCUT2D eigenvalue weighted by atomic mass is 19.4. The maximum atomic E-state index is 14.3. The van der Waals surface area contributed by atoms with Crippen LogP contribution in [0.1, 0.15) is 30.9 Å². The molecular formula is C28H29F3N4O5. The second-order valence-electron chi connectivity index (χ2n) is 9.49. The molecule has 0 bridgehead atoms. The number of methoxy groups -OCH3 is 2. The molecule has 9 nitrogen and oxygen atoms in total. The molecule has 2 aliphatic rings. The van der Waals surface area contributed by atoms with Crippen LogP contribution in [0.2, 0.25) is 0 Å². The van der Waals surface area contributed by atoms with Gasteiger partial charge in [-0.05, 0) is 56.5 Å². The van der Waals surface area contributed by atoms with E-state index in [9.17, 15) is 22.8 Å². The molecule has 1 amide bonds. The molecule has 0 atom stereocenters. The predicted molar refractivity (Wildman–Crippen MR) is 143 cm³/mol. The highest BCUT2D eigenvalue weighted by molar-refractivity contribution is 5.92. The first-order chi connectivity index (χ1) is 19.2. The van der Waals surface area contributed by atoms with Gasteiger partial charge in [-0.25, -0.2) is 4.79 Å². The van der Waals surface area contributed by atoms with E-state index in [1.807, 2.05) is 4.90 Å². The van der Waals surface area contributed by atoms with Gasteiger partial charge in [-0.3, -0.25) is 9.69 Å². The first-order valence-corrected chi connectivity index (χ1v) is 13.0. The number of aromatic nitrogens is 2. The van der Waals surface area contributed by atoms with Gasteiger partial charge in [-0.15, -0.1) is 0 Å². The Hall–Kier alpha value is -4.22. The van der Waals surface area contributed by atoms with Crippen molar-refractivity contribution in [2.75, 3.05) is 50.3 Å². The minimum atomic E-state index is -4.76. The van der Waals surface area contributed by atoms with Gasteiger partial charge >= 0.3 is 12.3 Å². The van der Waals surface area contributed by atoms with E-state index in [4.69, 9.17) is 14.2 Å². The van der Waals surface area contributed by atoms with Crippen molar-refractivity contribution in [3.63, 3.8) is 0 Å². The first-order valence-electron chi connectivity index (χ1n) is 13.0. The van der Waals surface area contributed by atoms with Crippen molar-refractivity contribution in [2.24, 2.45) is 0 Å². The van der Waals surface area contributed by atoms with Crippen molar-refractivity contribution in [1.29, 1.82) is 0 Å².